The lowest BCUT2D eigenvalue weighted by Crippen LogP contribution is -2.48. The monoisotopic (exact) mass is 561 g/mol. The highest BCUT2D eigenvalue weighted by molar-refractivity contribution is 7.09. The molecule has 1 N–H and O–H groups in total. The summed E-state index contributed by atoms with van der Waals surface area (Å²) in [7, 11) is 3.17. The van der Waals surface area contributed by atoms with E-state index in [0.29, 0.717) is 43.1 Å². The van der Waals surface area contributed by atoms with E-state index in [1.54, 1.807) is 30.5 Å². The molecule has 3 amide bonds. The third kappa shape index (κ3) is 7.85. The molecule has 1 unspecified atom stereocenters. The highest BCUT2D eigenvalue weighted by Gasteiger charge is 2.25. The topological polar surface area (TPSA) is 71.1 Å². The van der Waals surface area contributed by atoms with E-state index >= 15 is 0 Å². The Hall–Kier alpha value is -3.30. The summed E-state index contributed by atoms with van der Waals surface area (Å²) in [6.07, 6.45) is 1.25. The first-order chi connectivity index (χ1) is 18.2. The molecule has 0 saturated carbocycles. The van der Waals surface area contributed by atoms with Crippen molar-refractivity contribution in [3.05, 3.63) is 75.2 Å². The summed E-state index contributed by atoms with van der Waals surface area (Å²) >= 11 is 7.44. The van der Waals surface area contributed by atoms with E-state index in [9.17, 15) is 14.0 Å². The minimum absolute atomic E-state index is 0.0914. The van der Waals surface area contributed by atoms with Crippen molar-refractivity contribution in [2.24, 2.45) is 0 Å². The van der Waals surface area contributed by atoms with Gasteiger partial charge in [0.05, 0.1) is 25.8 Å². The first kappa shape index (κ1) is 29.3. The number of benzene rings is 2. The van der Waals surface area contributed by atoms with E-state index in [0.717, 1.165) is 10.4 Å². The first-order valence-corrected chi connectivity index (χ1v) is 13.5. The number of halogens is 2. The molecule has 1 aromatic heterocycles. The Morgan fingerprint density at radius 3 is 2.50 bits per heavy atom. The van der Waals surface area contributed by atoms with Crippen molar-refractivity contribution >= 4 is 40.6 Å². The molecule has 0 radical (unpaired) electrons. The molecule has 0 saturated heterocycles. The number of methoxy groups -OCH3 is 2. The number of hydrogen-bond donors (Lipinski definition) is 1. The van der Waals surface area contributed by atoms with Gasteiger partial charge in [0, 0.05) is 23.2 Å². The van der Waals surface area contributed by atoms with Crippen LogP contribution in [0.4, 0.5) is 14.9 Å². The fourth-order valence-electron chi connectivity index (χ4n) is 3.85. The molecule has 7 nitrogen and oxygen atoms in total. The van der Waals surface area contributed by atoms with Gasteiger partial charge in [-0.2, -0.15) is 0 Å². The number of anilines is 1. The van der Waals surface area contributed by atoms with E-state index < -0.39 is 11.8 Å². The number of nitrogens with zero attached hydrogens (tertiary/aromatic N) is 2. The molecule has 3 aromatic rings. The zero-order chi connectivity index (χ0) is 27.7. The maximum Gasteiger partial charge on any atom is 0.322 e. The Morgan fingerprint density at radius 1 is 1.11 bits per heavy atom. The average Bonchev–Trinajstić information content (AvgIpc) is 3.44. The van der Waals surface area contributed by atoms with E-state index in [-0.39, 0.29) is 23.5 Å². The van der Waals surface area contributed by atoms with Crippen LogP contribution < -0.4 is 14.8 Å². The summed E-state index contributed by atoms with van der Waals surface area (Å²) in [6, 6.07) is 12.9. The molecule has 1 atom stereocenters. The van der Waals surface area contributed by atoms with Gasteiger partial charge in [-0.3, -0.25) is 4.79 Å². The molecule has 38 heavy (non-hydrogen) atoms. The van der Waals surface area contributed by atoms with Crippen LogP contribution in [0.3, 0.4) is 0 Å². The Labute approximate surface area is 232 Å². The molecule has 3 rings (SSSR count). The van der Waals surface area contributed by atoms with Crippen molar-refractivity contribution < 1.29 is 23.5 Å². The van der Waals surface area contributed by atoms with E-state index in [1.165, 1.54) is 23.1 Å². The lowest BCUT2D eigenvalue weighted by Gasteiger charge is -2.31. The summed E-state index contributed by atoms with van der Waals surface area (Å²) in [5.74, 6) is 0.519. The molecule has 1 heterocycles. The number of carbonyl (C=O) groups is 2. The van der Waals surface area contributed by atoms with E-state index in [4.69, 9.17) is 21.1 Å². The summed E-state index contributed by atoms with van der Waals surface area (Å²) in [4.78, 5) is 31.1. The van der Waals surface area contributed by atoms with Crippen LogP contribution in [0.25, 0.3) is 0 Å². The minimum atomic E-state index is -0.572. The number of ether oxygens (including phenoxy) is 2. The second-order valence-electron chi connectivity index (χ2n) is 8.78. The molecular weight excluding hydrogens is 529 g/mol. The molecule has 0 aliphatic carbocycles. The van der Waals surface area contributed by atoms with Crippen LogP contribution in [0.5, 0.6) is 11.5 Å². The lowest BCUT2D eigenvalue weighted by atomic mass is 10.1. The van der Waals surface area contributed by atoms with Crippen LogP contribution in [-0.2, 0) is 17.8 Å². The van der Waals surface area contributed by atoms with Crippen LogP contribution in [0, 0.1) is 5.82 Å². The molecule has 0 fully saturated rings. The molecule has 10 heteroatoms. The van der Waals surface area contributed by atoms with Crippen molar-refractivity contribution in [1.82, 2.24) is 9.80 Å². The van der Waals surface area contributed by atoms with Gasteiger partial charge in [-0.05, 0) is 67.1 Å². The minimum Gasteiger partial charge on any atom is -0.493 e. The zero-order valence-corrected chi connectivity index (χ0v) is 23.6. The maximum absolute atomic E-state index is 13.6. The van der Waals surface area contributed by atoms with Crippen molar-refractivity contribution in [2.45, 2.75) is 39.3 Å². The second-order valence-corrected chi connectivity index (χ2v) is 10.2. The number of amides is 3. The van der Waals surface area contributed by atoms with Gasteiger partial charge in [-0.15, -0.1) is 11.3 Å². The van der Waals surface area contributed by atoms with Crippen molar-refractivity contribution in [2.75, 3.05) is 32.6 Å². The molecule has 0 spiro atoms. The summed E-state index contributed by atoms with van der Waals surface area (Å²) in [6.45, 7) is 4.62. The number of thiophene rings is 1. The Kier molecular flexibility index (Phi) is 10.8. The summed E-state index contributed by atoms with van der Waals surface area (Å²) in [5, 5.41) is 4.62. The Morgan fingerprint density at radius 2 is 1.87 bits per heavy atom. The number of rotatable bonds is 12. The largest absolute Gasteiger partial charge is 0.493 e. The van der Waals surface area contributed by atoms with Crippen LogP contribution in [0.1, 0.15) is 30.7 Å². The van der Waals surface area contributed by atoms with Gasteiger partial charge in [0.1, 0.15) is 12.4 Å². The molecule has 0 aliphatic rings. The van der Waals surface area contributed by atoms with Crippen LogP contribution in [-0.4, -0.2) is 55.1 Å². The normalized spacial score (nSPS) is 11.5. The van der Waals surface area contributed by atoms with E-state index in [1.807, 2.05) is 49.6 Å². The van der Waals surface area contributed by atoms with Crippen LogP contribution in [0.2, 0.25) is 5.02 Å². The summed E-state index contributed by atoms with van der Waals surface area (Å²) < 4.78 is 24.3. The highest BCUT2D eigenvalue weighted by atomic mass is 35.5. The van der Waals surface area contributed by atoms with Crippen LogP contribution in [0.15, 0.2) is 53.9 Å². The molecule has 0 bridgehead atoms. The van der Waals surface area contributed by atoms with Gasteiger partial charge in [0.15, 0.2) is 11.5 Å². The third-order valence-electron chi connectivity index (χ3n) is 6.26. The van der Waals surface area contributed by atoms with Crippen molar-refractivity contribution in [3.63, 3.8) is 0 Å². The standard InChI is InChI=1S/C28H33ClFN3O4S/c1-5-19(2)33(28(35)31-21-9-10-24(30)23(29)16-21)18-27(34)32(17-22-7-6-14-38-22)13-12-20-8-11-25(36-3)26(15-20)37-4/h6-11,14-16,19H,5,12-13,17-18H2,1-4H3,(H,31,35). The molecule has 204 valence electrons. The average molecular weight is 562 g/mol. The van der Waals surface area contributed by atoms with Gasteiger partial charge < -0.3 is 24.6 Å². The Bertz CT molecular complexity index is 1220. The van der Waals surface area contributed by atoms with E-state index in [2.05, 4.69) is 5.32 Å². The van der Waals surface area contributed by atoms with Gasteiger partial charge in [0.2, 0.25) is 5.91 Å². The predicted octanol–water partition coefficient (Wildman–Crippen LogP) is 6.46. The quantitative estimate of drug-likeness (QED) is 0.275. The van der Waals surface area contributed by atoms with Crippen molar-refractivity contribution in [3.8, 4) is 11.5 Å². The number of urea groups is 1. The van der Waals surface area contributed by atoms with Gasteiger partial charge in [-0.1, -0.05) is 30.7 Å². The van der Waals surface area contributed by atoms with Gasteiger partial charge in [0.25, 0.3) is 0 Å². The maximum atomic E-state index is 13.6. The van der Waals surface area contributed by atoms with Gasteiger partial charge >= 0.3 is 6.03 Å². The van der Waals surface area contributed by atoms with Crippen LogP contribution >= 0.6 is 22.9 Å². The number of hydrogen-bond acceptors (Lipinski definition) is 5. The fourth-order valence-corrected chi connectivity index (χ4v) is 4.75. The smallest absolute Gasteiger partial charge is 0.322 e. The fraction of sp³-hybridized carbons (Fsp3) is 0.357. The number of carbonyl (C=O) groups excluding carboxylic acids is 2. The highest BCUT2D eigenvalue weighted by Crippen LogP contribution is 2.28. The Balaban J connectivity index is 1.76. The second kappa shape index (κ2) is 14.0. The van der Waals surface area contributed by atoms with Crippen molar-refractivity contribution in [1.29, 1.82) is 0 Å². The van der Waals surface area contributed by atoms with Gasteiger partial charge in [-0.25, -0.2) is 9.18 Å². The SMILES string of the molecule is CCC(C)N(CC(=O)N(CCc1ccc(OC)c(OC)c1)Cc1cccs1)C(=O)Nc1ccc(F)c(Cl)c1. The molecule has 2 aromatic carbocycles. The molecular formula is C28H33ClFN3O4S. The zero-order valence-electron chi connectivity index (χ0n) is 22.0. The number of nitrogens with one attached hydrogen (secondary N) is 1. The predicted molar refractivity (Wildman–Crippen MR) is 150 cm³/mol. The molecule has 0 aliphatic heterocycles. The first-order valence-electron chi connectivity index (χ1n) is 12.3. The lowest BCUT2D eigenvalue weighted by molar-refractivity contribution is -0.132. The summed E-state index contributed by atoms with van der Waals surface area (Å²) in [5.41, 5.74) is 1.35. The third-order valence-corrected chi connectivity index (χ3v) is 7.41.